The molecule has 0 saturated heterocycles. The summed E-state index contributed by atoms with van der Waals surface area (Å²) in [6.45, 7) is 2.31. The van der Waals surface area contributed by atoms with Gasteiger partial charge < -0.3 is 19.4 Å². The second kappa shape index (κ2) is 6.99. The van der Waals surface area contributed by atoms with Crippen LogP contribution in [0.1, 0.15) is 22.7 Å². The molecule has 128 valence electrons. The molecule has 2 aromatic carbocycles. The van der Waals surface area contributed by atoms with Gasteiger partial charge in [-0.15, -0.1) is 0 Å². The van der Waals surface area contributed by atoms with Gasteiger partial charge in [-0.25, -0.2) is 4.98 Å². The van der Waals surface area contributed by atoms with Crippen molar-refractivity contribution in [3.63, 3.8) is 0 Å². The molecule has 5 heteroatoms. The minimum absolute atomic E-state index is 0.214. The topological polar surface area (TPSA) is 48.3 Å². The lowest BCUT2D eigenvalue weighted by Crippen LogP contribution is -2.21. The minimum atomic E-state index is 0.214. The first-order valence-corrected chi connectivity index (χ1v) is 8.39. The molecule has 0 amide bonds. The molecule has 1 aliphatic heterocycles. The summed E-state index contributed by atoms with van der Waals surface area (Å²) in [5.41, 5.74) is 3.72. The van der Waals surface area contributed by atoms with Crippen LogP contribution in [0.15, 0.2) is 61.2 Å². The van der Waals surface area contributed by atoms with E-state index in [-0.39, 0.29) is 6.04 Å². The zero-order valence-electron chi connectivity index (χ0n) is 14.2. The zero-order valence-corrected chi connectivity index (χ0v) is 14.2. The van der Waals surface area contributed by atoms with Crippen LogP contribution in [0.25, 0.3) is 0 Å². The number of methoxy groups -OCH3 is 1. The van der Waals surface area contributed by atoms with Gasteiger partial charge in [-0.05, 0) is 23.3 Å². The van der Waals surface area contributed by atoms with Gasteiger partial charge in [0, 0.05) is 37.1 Å². The summed E-state index contributed by atoms with van der Waals surface area (Å²) < 4.78 is 13.1. The van der Waals surface area contributed by atoms with Crippen molar-refractivity contribution in [2.75, 3.05) is 13.7 Å². The van der Waals surface area contributed by atoms with Gasteiger partial charge >= 0.3 is 0 Å². The van der Waals surface area contributed by atoms with Crippen molar-refractivity contribution >= 4 is 0 Å². The Morgan fingerprint density at radius 1 is 1.20 bits per heavy atom. The standard InChI is InChI=1S/C20H21N3O2/c1-24-17-6-7-18-19(13-25-20(18)10-17)22-11-15-2-4-16(5-3-15)12-23-9-8-21-14-23/h2-10,14,19,22H,11-13H2,1H3/t19-/m1/s1. The number of rotatable bonds is 6. The van der Waals surface area contributed by atoms with Gasteiger partial charge in [0.25, 0.3) is 0 Å². The molecule has 0 spiro atoms. The monoisotopic (exact) mass is 335 g/mol. The molecule has 0 bridgehead atoms. The Labute approximate surface area is 147 Å². The Morgan fingerprint density at radius 2 is 2.04 bits per heavy atom. The number of benzene rings is 2. The summed E-state index contributed by atoms with van der Waals surface area (Å²) in [6.07, 6.45) is 5.61. The van der Waals surface area contributed by atoms with Crippen LogP contribution in [-0.4, -0.2) is 23.3 Å². The van der Waals surface area contributed by atoms with Crippen molar-refractivity contribution in [1.82, 2.24) is 14.9 Å². The number of imidazole rings is 1. The molecule has 1 aromatic heterocycles. The van der Waals surface area contributed by atoms with E-state index in [2.05, 4.69) is 45.2 Å². The molecule has 25 heavy (non-hydrogen) atoms. The third kappa shape index (κ3) is 3.51. The molecule has 4 rings (SSSR count). The Hall–Kier alpha value is -2.79. The number of aromatic nitrogens is 2. The van der Waals surface area contributed by atoms with Crippen LogP contribution in [-0.2, 0) is 13.1 Å². The SMILES string of the molecule is COc1ccc2c(c1)OC[C@H]2NCc1ccc(Cn2ccnc2)cc1. The molecule has 1 atom stereocenters. The number of hydrogen-bond donors (Lipinski definition) is 1. The van der Waals surface area contributed by atoms with Crippen molar-refractivity contribution in [2.45, 2.75) is 19.1 Å². The molecule has 0 saturated carbocycles. The molecule has 0 fully saturated rings. The molecule has 1 N–H and O–H groups in total. The van der Waals surface area contributed by atoms with Gasteiger partial charge in [-0.3, -0.25) is 0 Å². The van der Waals surface area contributed by atoms with Gasteiger partial charge in [-0.1, -0.05) is 24.3 Å². The third-order valence-electron chi connectivity index (χ3n) is 4.50. The van der Waals surface area contributed by atoms with Gasteiger partial charge in [0.2, 0.25) is 0 Å². The highest BCUT2D eigenvalue weighted by Gasteiger charge is 2.23. The summed E-state index contributed by atoms with van der Waals surface area (Å²) >= 11 is 0. The maximum Gasteiger partial charge on any atom is 0.127 e. The normalized spacial score (nSPS) is 15.6. The first kappa shape index (κ1) is 15.7. The van der Waals surface area contributed by atoms with E-state index < -0.39 is 0 Å². The maximum absolute atomic E-state index is 5.77. The molecule has 2 heterocycles. The predicted molar refractivity (Wildman–Crippen MR) is 95.8 cm³/mol. The van der Waals surface area contributed by atoms with Crippen LogP contribution in [0.3, 0.4) is 0 Å². The Balaban J connectivity index is 1.36. The second-order valence-electron chi connectivity index (χ2n) is 6.20. The summed E-state index contributed by atoms with van der Waals surface area (Å²) in [6, 6.07) is 14.9. The quantitative estimate of drug-likeness (QED) is 0.752. The average Bonchev–Trinajstić information content (AvgIpc) is 3.30. The van der Waals surface area contributed by atoms with Crippen molar-refractivity contribution in [1.29, 1.82) is 0 Å². The van der Waals surface area contributed by atoms with E-state index in [4.69, 9.17) is 9.47 Å². The van der Waals surface area contributed by atoms with Gasteiger partial charge in [0.15, 0.2) is 0 Å². The lowest BCUT2D eigenvalue weighted by atomic mass is 10.1. The molecular formula is C20H21N3O2. The Bertz CT molecular complexity index is 829. The first-order valence-electron chi connectivity index (χ1n) is 8.39. The van der Waals surface area contributed by atoms with Crippen LogP contribution in [0.5, 0.6) is 11.5 Å². The molecular weight excluding hydrogens is 314 g/mol. The fourth-order valence-corrected chi connectivity index (χ4v) is 3.08. The highest BCUT2D eigenvalue weighted by atomic mass is 16.5. The van der Waals surface area contributed by atoms with Crippen LogP contribution in [0, 0.1) is 0 Å². The van der Waals surface area contributed by atoms with E-state index in [9.17, 15) is 0 Å². The molecule has 1 aliphatic rings. The summed E-state index contributed by atoms with van der Waals surface area (Å²) in [7, 11) is 1.67. The van der Waals surface area contributed by atoms with Crippen molar-refractivity contribution in [3.05, 3.63) is 77.9 Å². The highest BCUT2D eigenvalue weighted by molar-refractivity contribution is 5.45. The third-order valence-corrected chi connectivity index (χ3v) is 4.50. The fourth-order valence-electron chi connectivity index (χ4n) is 3.08. The second-order valence-corrected chi connectivity index (χ2v) is 6.20. The lowest BCUT2D eigenvalue weighted by molar-refractivity contribution is 0.309. The van der Waals surface area contributed by atoms with Crippen molar-refractivity contribution in [3.8, 4) is 11.5 Å². The number of nitrogens with one attached hydrogen (secondary N) is 1. The lowest BCUT2D eigenvalue weighted by Gasteiger charge is -2.12. The zero-order chi connectivity index (χ0) is 17.1. The fraction of sp³-hybridized carbons (Fsp3) is 0.250. The molecule has 0 radical (unpaired) electrons. The Morgan fingerprint density at radius 3 is 2.80 bits per heavy atom. The number of fused-ring (bicyclic) bond motifs is 1. The van der Waals surface area contributed by atoms with Gasteiger partial charge in [0.05, 0.1) is 19.5 Å². The van der Waals surface area contributed by atoms with Crippen molar-refractivity contribution < 1.29 is 9.47 Å². The molecule has 5 nitrogen and oxygen atoms in total. The minimum Gasteiger partial charge on any atom is -0.497 e. The van der Waals surface area contributed by atoms with E-state index in [1.165, 1.54) is 16.7 Å². The van der Waals surface area contributed by atoms with Gasteiger partial charge in [-0.2, -0.15) is 0 Å². The summed E-state index contributed by atoms with van der Waals surface area (Å²) in [5, 5.41) is 3.58. The largest absolute Gasteiger partial charge is 0.497 e. The van der Waals surface area contributed by atoms with E-state index in [1.54, 1.807) is 13.3 Å². The number of hydrogen-bond acceptors (Lipinski definition) is 4. The highest BCUT2D eigenvalue weighted by Crippen LogP contribution is 2.35. The first-order chi connectivity index (χ1) is 12.3. The summed E-state index contributed by atoms with van der Waals surface area (Å²) in [5.74, 6) is 1.74. The van der Waals surface area contributed by atoms with E-state index in [0.717, 1.165) is 24.6 Å². The molecule has 0 unspecified atom stereocenters. The van der Waals surface area contributed by atoms with E-state index in [1.807, 2.05) is 24.7 Å². The van der Waals surface area contributed by atoms with E-state index in [0.29, 0.717) is 6.61 Å². The Kier molecular flexibility index (Phi) is 4.39. The van der Waals surface area contributed by atoms with Crippen LogP contribution in [0.4, 0.5) is 0 Å². The smallest absolute Gasteiger partial charge is 0.127 e. The molecule has 3 aromatic rings. The number of nitrogens with zero attached hydrogens (tertiary/aromatic N) is 2. The van der Waals surface area contributed by atoms with Crippen LogP contribution in [0.2, 0.25) is 0 Å². The number of ether oxygens (including phenoxy) is 2. The van der Waals surface area contributed by atoms with Crippen LogP contribution < -0.4 is 14.8 Å². The maximum atomic E-state index is 5.77. The van der Waals surface area contributed by atoms with E-state index >= 15 is 0 Å². The predicted octanol–water partition coefficient (Wildman–Crippen LogP) is 3.16. The van der Waals surface area contributed by atoms with Crippen molar-refractivity contribution in [2.24, 2.45) is 0 Å². The average molecular weight is 335 g/mol. The summed E-state index contributed by atoms with van der Waals surface area (Å²) in [4.78, 5) is 4.07. The van der Waals surface area contributed by atoms with Crippen LogP contribution >= 0.6 is 0 Å². The van der Waals surface area contributed by atoms with Gasteiger partial charge in [0.1, 0.15) is 18.1 Å². The molecule has 0 aliphatic carbocycles.